The molecule has 0 aliphatic carbocycles. The average Bonchev–Trinajstić information content (AvgIpc) is 2.73. The van der Waals surface area contributed by atoms with Gasteiger partial charge in [-0.05, 0) is 36.8 Å². The number of nitrogens with zero attached hydrogens (tertiary/aromatic N) is 2. The number of aromatic nitrogens is 2. The smallest absolute Gasteiger partial charge is 0.0665 e. The minimum absolute atomic E-state index is 0.0868. The Kier molecular flexibility index (Phi) is 3.13. The molecule has 0 saturated carbocycles. The van der Waals surface area contributed by atoms with Crippen molar-refractivity contribution in [3.63, 3.8) is 0 Å². The van der Waals surface area contributed by atoms with Crippen LogP contribution in [0.2, 0.25) is 0 Å². The first-order valence-electron chi connectivity index (χ1n) is 5.06. The molecule has 0 bridgehead atoms. The monoisotopic (exact) mass is 212 g/mol. The molecule has 0 radical (unpaired) electrons. The van der Waals surface area contributed by atoms with E-state index >= 15 is 0 Å². The molecule has 1 aromatic heterocycles. The van der Waals surface area contributed by atoms with E-state index in [9.17, 15) is 0 Å². The van der Waals surface area contributed by atoms with Gasteiger partial charge in [0.25, 0.3) is 0 Å². The minimum atomic E-state index is 0.0868. The summed E-state index contributed by atoms with van der Waals surface area (Å²) in [6.45, 7) is 0.254. The van der Waals surface area contributed by atoms with E-state index in [1.165, 1.54) is 11.5 Å². The molecule has 0 spiro atoms. The Morgan fingerprint density at radius 1 is 1.43 bits per heavy atom. The fraction of sp³-hybridized carbons (Fsp3) is 0.700. The normalized spacial score (nSPS) is 20.9. The second-order valence-corrected chi connectivity index (χ2v) is 4.99. The van der Waals surface area contributed by atoms with E-state index in [2.05, 4.69) is 5.10 Å². The molecule has 1 fully saturated rings. The largest absolute Gasteiger partial charge is 0.396 e. The van der Waals surface area contributed by atoms with Gasteiger partial charge in [-0.1, -0.05) is 0 Å². The predicted molar refractivity (Wildman–Crippen MR) is 58.5 cm³/mol. The SMILES string of the molecule is OCCC1(n2cccn2)CCSCC1. The molecule has 78 valence electrons. The quantitative estimate of drug-likeness (QED) is 0.825. The first kappa shape index (κ1) is 10.1. The summed E-state index contributed by atoms with van der Waals surface area (Å²) in [6, 6.07) is 1.96. The third-order valence-corrected chi connectivity index (χ3v) is 3.98. The summed E-state index contributed by atoms with van der Waals surface area (Å²) in [4.78, 5) is 0. The molecule has 3 nitrogen and oxygen atoms in total. The Morgan fingerprint density at radius 2 is 2.21 bits per heavy atom. The van der Waals surface area contributed by atoms with Gasteiger partial charge in [0.05, 0.1) is 5.54 Å². The first-order valence-corrected chi connectivity index (χ1v) is 6.22. The Bertz CT molecular complexity index is 262. The number of hydrogen-bond acceptors (Lipinski definition) is 3. The highest BCUT2D eigenvalue weighted by Gasteiger charge is 2.33. The lowest BCUT2D eigenvalue weighted by atomic mass is 9.89. The van der Waals surface area contributed by atoms with Gasteiger partial charge in [-0.3, -0.25) is 4.68 Å². The molecule has 0 aromatic carbocycles. The molecule has 0 amide bonds. The van der Waals surface area contributed by atoms with Crippen molar-refractivity contribution in [1.82, 2.24) is 9.78 Å². The molecule has 2 heterocycles. The maximum absolute atomic E-state index is 9.13. The van der Waals surface area contributed by atoms with Crippen LogP contribution in [-0.2, 0) is 5.54 Å². The van der Waals surface area contributed by atoms with Gasteiger partial charge in [0.15, 0.2) is 0 Å². The van der Waals surface area contributed by atoms with Crippen LogP contribution in [0.1, 0.15) is 19.3 Å². The zero-order chi connectivity index (χ0) is 9.86. The van der Waals surface area contributed by atoms with Crippen LogP contribution < -0.4 is 0 Å². The Morgan fingerprint density at radius 3 is 2.79 bits per heavy atom. The number of hydrogen-bond donors (Lipinski definition) is 1. The topological polar surface area (TPSA) is 38.0 Å². The second-order valence-electron chi connectivity index (χ2n) is 3.76. The zero-order valence-electron chi connectivity index (χ0n) is 8.22. The van der Waals surface area contributed by atoms with Crippen molar-refractivity contribution >= 4 is 11.8 Å². The van der Waals surface area contributed by atoms with Crippen LogP contribution in [-0.4, -0.2) is 33.0 Å². The summed E-state index contributed by atoms with van der Waals surface area (Å²) >= 11 is 2.00. The van der Waals surface area contributed by atoms with Gasteiger partial charge in [0.2, 0.25) is 0 Å². The third-order valence-electron chi connectivity index (χ3n) is 2.99. The molecular weight excluding hydrogens is 196 g/mol. The van der Waals surface area contributed by atoms with Gasteiger partial charge < -0.3 is 5.11 Å². The maximum atomic E-state index is 9.13. The molecular formula is C10H16N2OS. The van der Waals surface area contributed by atoms with Crippen molar-refractivity contribution in [3.05, 3.63) is 18.5 Å². The molecule has 1 saturated heterocycles. The highest BCUT2D eigenvalue weighted by molar-refractivity contribution is 7.99. The van der Waals surface area contributed by atoms with Crippen LogP contribution in [0.4, 0.5) is 0 Å². The summed E-state index contributed by atoms with van der Waals surface area (Å²) in [5, 5.41) is 13.5. The fourth-order valence-corrected chi connectivity index (χ4v) is 3.36. The maximum Gasteiger partial charge on any atom is 0.0665 e. The standard InChI is InChI=1S/C10H16N2OS/c13-7-2-10(3-8-14-9-4-10)12-6-1-5-11-12/h1,5-6,13H,2-4,7-9H2. The first-order chi connectivity index (χ1) is 6.87. The van der Waals surface area contributed by atoms with Crippen LogP contribution in [0, 0.1) is 0 Å². The lowest BCUT2D eigenvalue weighted by Gasteiger charge is -2.37. The van der Waals surface area contributed by atoms with Crippen LogP contribution in [0.5, 0.6) is 0 Å². The number of aliphatic hydroxyl groups excluding tert-OH is 1. The van der Waals surface area contributed by atoms with Crippen molar-refractivity contribution in [3.8, 4) is 0 Å². The predicted octanol–water partition coefficient (Wildman–Crippen LogP) is 1.49. The summed E-state index contributed by atoms with van der Waals surface area (Å²) < 4.78 is 2.04. The lowest BCUT2D eigenvalue weighted by Crippen LogP contribution is -2.38. The van der Waals surface area contributed by atoms with Gasteiger partial charge in [0, 0.05) is 19.0 Å². The molecule has 1 aromatic rings. The zero-order valence-corrected chi connectivity index (χ0v) is 9.04. The van der Waals surface area contributed by atoms with Gasteiger partial charge in [-0.2, -0.15) is 16.9 Å². The van der Waals surface area contributed by atoms with Gasteiger partial charge in [-0.15, -0.1) is 0 Å². The summed E-state index contributed by atoms with van der Waals surface area (Å²) in [5.41, 5.74) is 0.0868. The summed E-state index contributed by atoms with van der Waals surface area (Å²) in [7, 11) is 0. The third kappa shape index (κ3) is 1.81. The van der Waals surface area contributed by atoms with E-state index < -0.39 is 0 Å². The van der Waals surface area contributed by atoms with Crippen LogP contribution in [0.3, 0.4) is 0 Å². The fourth-order valence-electron chi connectivity index (χ4n) is 2.10. The molecule has 4 heteroatoms. The Labute approximate surface area is 88.5 Å². The molecule has 0 atom stereocenters. The van der Waals surface area contributed by atoms with Crippen molar-refractivity contribution in [1.29, 1.82) is 0 Å². The highest BCUT2D eigenvalue weighted by atomic mass is 32.2. The van der Waals surface area contributed by atoms with E-state index in [1.54, 1.807) is 0 Å². The van der Waals surface area contributed by atoms with E-state index in [1.807, 2.05) is 34.9 Å². The molecule has 14 heavy (non-hydrogen) atoms. The van der Waals surface area contributed by atoms with Crippen LogP contribution in [0.15, 0.2) is 18.5 Å². The average molecular weight is 212 g/mol. The molecule has 0 unspecified atom stereocenters. The highest BCUT2D eigenvalue weighted by Crippen LogP contribution is 2.35. The molecule has 1 aliphatic heterocycles. The van der Waals surface area contributed by atoms with E-state index in [0.717, 1.165) is 19.3 Å². The van der Waals surface area contributed by atoms with Gasteiger partial charge >= 0.3 is 0 Å². The van der Waals surface area contributed by atoms with Crippen molar-refractivity contribution in [2.75, 3.05) is 18.1 Å². The molecule has 1 N–H and O–H groups in total. The van der Waals surface area contributed by atoms with Crippen LogP contribution >= 0.6 is 11.8 Å². The number of aliphatic hydroxyl groups is 1. The Hall–Kier alpha value is -0.480. The van der Waals surface area contributed by atoms with Crippen molar-refractivity contribution < 1.29 is 5.11 Å². The number of thioether (sulfide) groups is 1. The van der Waals surface area contributed by atoms with Gasteiger partial charge in [-0.25, -0.2) is 0 Å². The van der Waals surface area contributed by atoms with E-state index in [4.69, 9.17) is 5.11 Å². The van der Waals surface area contributed by atoms with E-state index in [-0.39, 0.29) is 12.1 Å². The second kappa shape index (κ2) is 4.36. The van der Waals surface area contributed by atoms with Crippen molar-refractivity contribution in [2.24, 2.45) is 0 Å². The number of rotatable bonds is 3. The minimum Gasteiger partial charge on any atom is -0.396 e. The van der Waals surface area contributed by atoms with Gasteiger partial charge in [0.1, 0.15) is 0 Å². The molecule has 1 aliphatic rings. The summed E-state index contributed by atoms with van der Waals surface area (Å²) in [5.74, 6) is 2.36. The lowest BCUT2D eigenvalue weighted by molar-refractivity contribution is 0.157. The summed E-state index contributed by atoms with van der Waals surface area (Å²) in [6.07, 6.45) is 6.92. The molecule has 2 rings (SSSR count). The Balaban J connectivity index is 2.20. The van der Waals surface area contributed by atoms with E-state index in [0.29, 0.717) is 0 Å². The van der Waals surface area contributed by atoms with Crippen molar-refractivity contribution in [2.45, 2.75) is 24.8 Å². The van der Waals surface area contributed by atoms with Crippen LogP contribution in [0.25, 0.3) is 0 Å².